The summed E-state index contributed by atoms with van der Waals surface area (Å²) >= 11 is 0. The van der Waals surface area contributed by atoms with E-state index in [4.69, 9.17) is 39.6 Å². The molecule has 0 radical (unpaired) electrons. The van der Waals surface area contributed by atoms with Gasteiger partial charge in [-0.2, -0.15) is 11.1 Å². The van der Waals surface area contributed by atoms with Crippen molar-refractivity contribution in [3.63, 3.8) is 0 Å². The predicted octanol–water partition coefficient (Wildman–Crippen LogP) is 0.808. The van der Waals surface area contributed by atoms with Crippen molar-refractivity contribution in [1.29, 1.82) is 0 Å². The van der Waals surface area contributed by atoms with Gasteiger partial charge in [-0.1, -0.05) is 25.7 Å². The van der Waals surface area contributed by atoms with Gasteiger partial charge in [0.2, 0.25) is 0 Å². The second kappa shape index (κ2) is 29.5. The van der Waals surface area contributed by atoms with Crippen LogP contribution >= 0.6 is 0 Å². The van der Waals surface area contributed by atoms with Gasteiger partial charge in [-0.05, 0) is 12.8 Å². The molecule has 0 unspecified atom stereocenters. The lowest BCUT2D eigenvalue weighted by Gasteiger charge is -2.11. The maximum Gasteiger partial charge on any atom is 0.300 e. The lowest BCUT2D eigenvalue weighted by Crippen LogP contribution is -2.51. The van der Waals surface area contributed by atoms with E-state index in [2.05, 4.69) is 21.9 Å². The van der Waals surface area contributed by atoms with Gasteiger partial charge in [-0.15, -0.1) is 0 Å². The fraction of sp³-hybridized carbons (Fsp3) is 0.750. The molecule has 12 heteroatoms. The van der Waals surface area contributed by atoms with Crippen LogP contribution < -0.4 is 21.9 Å². The molecular weight excluding hydrogens is 376 g/mol. The highest BCUT2D eigenvalue weighted by molar-refractivity contribution is 5.63. The molecule has 0 aromatic rings. The van der Waals surface area contributed by atoms with Gasteiger partial charge in [-0.25, -0.2) is 10.9 Å². The van der Waals surface area contributed by atoms with Crippen molar-refractivity contribution >= 4 is 23.9 Å². The summed E-state index contributed by atoms with van der Waals surface area (Å²) in [6.45, 7) is 6.41. The molecule has 12 nitrogen and oxygen atoms in total. The molecule has 0 aliphatic carbocycles. The summed E-state index contributed by atoms with van der Waals surface area (Å²) < 4.78 is 0. The number of carboxylic acids is 4. The minimum Gasteiger partial charge on any atom is -0.481 e. The van der Waals surface area contributed by atoms with Gasteiger partial charge in [0.05, 0.1) is 0 Å². The summed E-state index contributed by atoms with van der Waals surface area (Å²) in [6.07, 6.45) is 7.98. The fourth-order valence-electron chi connectivity index (χ4n) is 1.35. The highest BCUT2D eigenvalue weighted by Crippen LogP contribution is 2.04. The van der Waals surface area contributed by atoms with Crippen LogP contribution in [0.2, 0.25) is 0 Å². The third-order valence-corrected chi connectivity index (χ3v) is 2.09. The zero-order chi connectivity index (χ0) is 22.8. The molecule has 0 atom stereocenters. The normalized spacial score (nSPS) is 13.9. The molecule has 0 saturated carbocycles. The number of carbonyl (C=O) groups is 4. The monoisotopic (exact) mass is 412 g/mol. The zero-order valence-electron chi connectivity index (χ0n) is 17.1. The number of aliphatic carboxylic acids is 4. The minimum absolute atomic E-state index is 0.833. The van der Waals surface area contributed by atoms with Crippen LogP contribution in [0.5, 0.6) is 0 Å². The van der Waals surface area contributed by atoms with Crippen molar-refractivity contribution < 1.29 is 39.6 Å². The van der Waals surface area contributed by atoms with Gasteiger partial charge in [0.25, 0.3) is 23.9 Å². The van der Waals surface area contributed by atoms with Crippen LogP contribution in [0, 0.1) is 0 Å². The maximum absolute atomic E-state index is 9.00. The van der Waals surface area contributed by atoms with E-state index in [0.29, 0.717) is 0 Å². The molecule has 1 rings (SSSR count). The number of rotatable bonds is 0. The lowest BCUT2D eigenvalue weighted by molar-refractivity contribution is -0.135. The van der Waals surface area contributed by atoms with E-state index in [9.17, 15) is 0 Å². The Morgan fingerprint density at radius 3 is 0.893 bits per heavy atom. The molecule has 0 spiro atoms. The second-order valence-electron chi connectivity index (χ2n) is 5.30. The second-order valence-corrected chi connectivity index (χ2v) is 5.30. The largest absolute Gasteiger partial charge is 0.481 e. The molecule has 8 N–H and O–H groups in total. The van der Waals surface area contributed by atoms with E-state index in [1.54, 1.807) is 0 Å². The predicted molar refractivity (Wildman–Crippen MR) is 103 cm³/mol. The number of hydrogen-bond donors (Lipinski definition) is 8. The lowest BCUT2D eigenvalue weighted by atomic mass is 10.1. The first kappa shape index (κ1) is 33.3. The van der Waals surface area contributed by atoms with Gasteiger partial charge in [0.15, 0.2) is 0 Å². The summed E-state index contributed by atoms with van der Waals surface area (Å²) in [5, 5.41) is 29.7. The minimum atomic E-state index is -0.833. The van der Waals surface area contributed by atoms with Crippen molar-refractivity contribution in [2.75, 3.05) is 13.1 Å². The fourth-order valence-corrected chi connectivity index (χ4v) is 1.35. The van der Waals surface area contributed by atoms with E-state index in [1.165, 1.54) is 38.5 Å². The number of hydrogen-bond acceptors (Lipinski definition) is 8. The van der Waals surface area contributed by atoms with Crippen molar-refractivity contribution in [2.24, 2.45) is 0 Å². The van der Waals surface area contributed by atoms with E-state index in [0.717, 1.165) is 40.8 Å². The van der Waals surface area contributed by atoms with Crippen molar-refractivity contribution in [3.8, 4) is 0 Å². The molecule has 1 aliphatic heterocycles. The third-order valence-electron chi connectivity index (χ3n) is 2.09. The molecule has 0 aromatic carbocycles. The molecule has 1 heterocycles. The average molecular weight is 412 g/mol. The van der Waals surface area contributed by atoms with Crippen LogP contribution in [0.3, 0.4) is 0 Å². The van der Waals surface area contributed by atoms with Gasteiger partial charge in [0, 0.05) is 40.8 Å². The Morgan fingerprint density at radius 1 is 0.500 bits per heavy atom. The summed E-state index contributed by atoms with van der Waals surface area (Å²) in [6, 6.07) is 0. The molecule has 0 bridgehead atoms. The van der Waals surface area contributed by atoms with Gasteiger partial charge in [-0.3, -0.25) is 19.2 Å². The Balaban J connectivity index is -0.000000150. The molecule has 0 amide bonds. The smallest absolute Gasteiger partial charge is 0.300 e. The Bertz CT molecular complexity index is 288. The van der Waals surface area contributed by atoms with Crippen LogP contribution in [0.1, 0.15) is 66.2 Å². The Kier molecular flexibility index (Phi) is 35.1. The van der Waals surface area contributed by atoms with E-state index in [-0.39, 0.29) is 0 Å². The highest BCUT2D eigenvalue weighted by atomic mass is 16.4. The number of hydrazine groups is 3. The van der Waals surface area contributed by atoms with Gasteiger partial charge in [0.1, 0.15) is 0 Å². The quantitative estimate of drug-likeness (QED) is 0.279. The van der Waals surface area contributed by atoms with Crippen LogP contribution in [0.25, 0.3) is 0 Å². The van der Waals surface area contributed by atoms with E-state index < -0.39 is 23.9 Å². The van der Waals surface area contributed by atoms with Gasteiger partial charge >= 0.3 is 0 Å². The zero-order valence-corrected chi connectivity index (χ0v) is 17.1. The molecular formula is C16H36N4O8. The topological polar surface area (TPSA) is 197 Å². The first-order valence-electron chi connectivity index (χ1n) is 8.67. The highest BCUT2D eigenvalue weighted by Gasteiger charge is 1.93. The standard InChI is InChI=1S/C8H20N4.4C2H4O2/c1-2-4-6-8-10-12-11-9-7-5-3-1;4*1-2(3)4/h9-12H,1-8H2;4*1H3,(H,3,4). The Labute approximate surface area is 165 Å². The molecule has 1 saturated heterocycles. The molecule has 1 aliphatic rings. The van der Waals surface area contributed by atoms with Gasteiger partial charge < -0.3 is 20.4 Å². The van der Waals surface area contributed by atoms with Crippen LogP contribution in [0.4, 0.5) is 0 Å². The summed E-state index contributed by atoms with van der Waals surface area (Å²) in [5.74, 6) is -3.33. The van der Waals surface area contributed by atoms with Crippen molar-refractivity contribution in [1.82, 2.24) is 21.9 Å². The SMILES string of the molecule is C1CCCCNNNNCCC1.CC(=O)O.CC(=O)O.CC(=O)O.CC(=O)O. The Morgan fingerprint density at radius 2 is 0.679 bits per heavy atom. The third kappa shape index (κ3) is 130. The number of nitrogens with one attached hydrogen (secondary N) is 4. The molecule has 168 valence electrons. The van der Waals surface area contributed by atoms with Crippen LogP contribution in [-0.2, 0) is 19.2 Å². The molecule has 1 fully saturated rings. The summed E-state index contributed by atoms with van der Waals surface area (Å²) in [5.41, 5.74) is 11.9. The van der Waals surface area contributed by atoms with Crippen LogP contribution in [-0.4, -0.2) is 57.4 Å². The number of carboxylic acid groups (broad SMARTS) is 4. The van der Waals surface area contributed by atoms with Crippen molar-refractivity contribution in [2.45, 2.75) is 66.2 Å². The van der Waals surface area contributed by atoms with E-state index >= 15 is 0 Å². The van der Waals surface area contributed by atoms with E-state index in [1.807, 2.05) is 0 Å². The van der Waals surface area contributed by atoms with Crippen molar-refractivity contribution in [3.05, 3.63) is 0 Å². The molecule has 28 heavy (non-hydrogen) atoms. The summed E-state index contributed by atoms with van der Waals surface area (Å²) in [7, 11) is 0. The average Bonchev–Trinajstić information content (AvgIpc) is 2.45. The first-order chi connectivity index (χ1) is 12.9. The summed E-state index contributed by atoms with van der Waals surface area (Å²) in [4.78, 5) is 36.0. The Hall–Kier alpha value is -2.28. The van der Waals surface area contributed by atoms with Crippen LogP contribution in [0.15, 0.2) is 0 Å². The molecule has 0 aromatic heterocycles. The first-order valence-corrected chi connectivity index (χ1v) is 8.67. The maximum atomic E-state index is 9.00.